The first-order chi connectivity index (χ1) is 8.65. The Balaban J connectivity index is 1.92. The van der Waals surface area contributed by atoms with Crippen molar-refractivity contribution in [2.45, 2.75) is 19.3 Å². The molecule has 1 saturated heterocycles. The maximum absolute atomic E-state index is 13.3. The lowest BCUT2D eigenvalue weighted by Gasteiger charge is -2.25. The van der Waals surface area contributed by atoms with Crippen LogP contribution in [0.3, 0.4) is 0 Å². The standard InChI is InChI=1S/C13H16F2N2O/c14-10-4-5-11(15)12(8-10)16-13(18)9-17-6-2-1-3-7-17/h4-5,8H,1-3,6-7,9H2,(H,16,18). The first-order valence-corrected chi connectivity index (χ1v) is 6.12. The van der Waals surface area contributed by atoms with E-state index in [1.807, 2.05) is 4.90 Å². The van der Waals surface area contributed by atoms with Crippen molar-refractivity contribution in [3.63, 3.8) is 0 Å². The molecule has 0 spiro atoms. The number of amides is 1. The molecule has 1 aliphatic rings. The third kappa shape index (κ3) is 3.50. The molecular weight excluding hydrogens is 238 g/mol. The second-order valence-electron chi connectivity index (χ2n) is 4.51. The van der Waals surface area contributed by atoms with Gasteiger partial charge in [-0.05, 0) is 38.1 Å². The molecule has 0 unspecified atom stereocenters. The fraction of sp³-hybridized carbons (Fsp3) is 0.462. The summed E-state index contributed by atoms with van der Waals surface area (Å²) in [7, 11) is 0. The van der Waals surface area contributed by atoms with Crippen LogP contribution in [0.1, 0.15) is 19.3 Å². The van der Waals surface area contributed by atoms with E-state index in [0.717, 1.165) is 44.1 Å². The zero-order valence-corrected chi connectivity index (χ0v) is 10.1. The number of carbonyl (C=O) groups excluding carboxylic acids is 1. The number of halogens is 2. The van der Waals surface area contributed by atoms with Gasteiger partial charge in [0.25, 0.3) is 0 Å². The van der Waals surface area contributed by atoms with Crippen LogP contribution < -0.4 is 5.32 Å². The van der Waals surface area contributed by atoms with E-state index in [4.69, 9.17) is 0 Å². The Morgan fingerprint density at radius 1 is 1.22 bits per heavy atom. The fourth-order valence-corrected chi connectivity index (χ4v) is 2.10. The Kier molecular flexibility index (Phi) is 4.25. The highest BCUT2D eigenvalue weighted by Gasteiger charge is 2.15. The molecule has 0 atom stereocenters. The second-order valence-corrected chi connectivity index (χ2v) is 4.51. The molecule has 18 heavy (non-hydrogen) atoms. The van der Waals surface area contributed by atoms with Crippen LogP contribution in [0.4, 0.5) is 14.5 Å². The van der Waals surface area contributed by atoms with Gasteiger partial charge >= 0.3 is 0 Å². The van der Waals surface area contributed by atoms with Gasteiger partial charge in [0.2, 0.25) is 5.91 Å². The monoisotopic (exact) mass is 254 g/mol. The highest BCUT2D eigenvalue weighted by molar-refractivity contribution is 5.92. The van der Waals surface area contributed by atoms with Crippen molar-refractivity contribution in [2.24, 2.45) is 0 Å². The van der Waals surface area contributed by atoms with Gasteiger partial charge in [-0.3, -0.25) is 9.69 Å². The average Bonchev–Trinajstić information content (AvgIpc) is 2.35. The zero-order chi connectivity index (χ0) is 13.0. The molecule has 2 rings (SSSR count). The van der Waals surface area contributed by atoms with Crippen LogP contribution in [0.25, 0.3) is 0 Å². The maximum atomic E-state index is 13.3. The van der Waals surface area contributed by atoms with Crippen LogP contribution in [-0.2, 0) is 4.79 Å². The molecule has 0 aromatic heterocycles. The van der Waals surface area contributed by atoms with Crippen LogP contribution in [-0.4, -0.2) is 30.4 Å². The molecule has 0 saturated carbocycles. The highest BCUT2D eigenvalue weighted by Crippen LogP contribution is 2.15. The van der Waals surface area contributed by atoms with Crippen LogP contribution >= 0.6 is 0 Å². The molecule has 1 aromatic carbocycles. The van der Waals surface area contributed by atoms with Crippen molar-refractivity contribution in [2.75, 3.05) is 25.0 Å². The lowest BCUT2D eigenvalue weighted by molar-refractivity contribution is -0.117. The predicted octanol–water partition coefficient (Wildman–Crippen LogP) is 2.39. The molecule has 3 nitrogen and oxygen atoms in total. The normalized spacial score (nSPS) is 16.6. The number of anilines is 1. The van der Waals surface area contributed by atoms with Crippen molar-refractivity contribution in [3.8, 4) is 0 Å². The summed E-state index contributed by atoms with van der Waals surface area (Å²) in [5.74, 6) is -1.49. The van der Waals surface area contributed by atoms with Gasteiger partial charge in [0.15, 0.2) is 0 Å². The second kappa shape index (κ2) is 5.91. The summed E-state index contributed by atoms with van der Waals surface area (Å²) in [5, 5.41) is 2.40. The minimum Gasteiger partial charge on any atom is -0.322 e. The molecule has 1 fully saturated rings. The summed E-state index contributed by atoms with van der Waals surface area (Å²) in [6.07, 6.45) is 3.36. The quantitative estimate of drug-likeness (QED) is 0.898. The maximum Gasteiger partial charge on any atom is 0.238 e. The molecule has 1 aromatic rings. The molecule has 98 valence electrons. The Morgan fingerprint density at radius 2 is 1.94 bits per heavy atom. The largest absolute Gasteiger partial charge is 0.322 e. The van der Waals surface area contributed by atoms with Gasteiger partial charge in [0, 0.05) is 6.07 Å². The van der Waals surface area contributed by atoms with Gasteiger partial charge in [-0.15, -0.1) is 0 Å². The minimum atomic E-state index is -0.622. The molecule has 0 bridgehead atoms. The minimum absolute atomic E-state index is 0.1000. The van der Waals surface area contributed by atoms with E-state index < -0.39 is 11.6 Å². The first kappa shape index (κ1) is 13.0. The van der Waals surface area contributed by atoms with Crippen molar-refractivity contribution in [1.82, 2.24) is 4.90 Å². The summed E-state index contributed by atoms with van der Waals surface area (Å²) in [6.45, 7) is 2.01. The average molecular weight is 254 g/mol. The number of carbonyl (C=O) groups is 1. The van der Waals surface area contributed by atoms with Gasteiger partial charge in [-0.1, -0.05) is 6.42 Å². The Hall–Kier alpha value is -1.49. The summed E-state index contributed by atoms with van der Waals surface area (Å²) in [6, 6.07) is 3.02. The van der Waals surface area contributed by atoms with E-state index in [0.29, 0.717) is 0 Å². The van der Waals surface area contributed by atoms with Crippen LogP contribution in [0.15, 0.2) is 18.2 Å². The van der Waals surface area contributed by atoms with E-state index in [-0.39, 0.29) is 18.1 Å². The van der Waals surface area contributed by atoms with Crippen molar-refractivity contribution in [3.05, 3.63) is 29.8 Å². The fourth-order valence-electron chi connectivity index (χ4n) is 2.10. The zero-order valence-electron chi connectivity index (χ0n) is 10.1. The summed E-state index contributed by atoms with van der Waals surface area (Å²) >= 11 is 0. The number of rotatable bonds is 3. The molecule has 1 aliphatic heterocycles. The van der Waals surface area contributed by atoms with E-state index in [9.17, 15) is 13.6 Å². The molecule has 1 N–H and O–H groups in total. The predicted molar refractivity (Wildman–Crippen MR) is 65.3 cm³/mol. The molecule has 0 radical (unpaired) electrons. The first-order valence-electron chi connectivity index (χ1n) is 6.12. The number of likely N-dealkylation sites (tertiary alicyclic amines) is 1. The summed E-state index contributed by atoms with van der Waals surface area (Å²) in [4.78, 5) is 13.7. The van der Waals surface area contributed by atoms with Gasteiger partial charge in [0.1, 0.15) is 11.6 Å². The number of piperidine rings is 1. The van der Waals surface area contributed by atoms with Crippen LogP contribution in [0.2, 0.25) is 0 Å². The third-order valence-electron chi connectivity index (χ3n) is 3.02. The van der Waals surface area contributed by atoms with E-state index >= 15 is 0 Å². The summed E-state index contributed by atoms with van der Waals surface area (Å²) < 4.78 is 26.2. The topological polar surface area (TPSA) is 32.3 Å². The Labute approximate surface area is 105 Å². The number of nitrogens with one attached hydrogen (secondary N) is 1. The van der Waals surface area contributed by atoms with Crippen molar-refractivity contribution < 1.29 is 13.6 Å². The SMILES string of the molecule is O=C(CN1CCCCC1)Nc1cc(F)ccc1F. The molecule has 1 heterocycles. The number of hydrogen-bond donors (Lipinski definition) is 1. The van der Waals surface area contributed by atoms with E-state index in [2.05, 4.69) is 5.32 Å². The van der Waals surface area contributed by atoms with Gasteiger partial charge in [0.05, 0.1) is 12.2 Å². The number of benzene rings is 1. The Morgan fingerprint density at radius 3 is 2.67 bits per heavy atom. The molecule has 0 aliphatic carbocycles. The smallest absolute Gasteiger partial charge is 0.238 e. The van der Waals surface area contributed by atoms with Gasteiger partial charge in [-0.2, -0.15) is 0 Å². The summed E-state index contributed by atoms with van der Waals surface area (Å²) in [5.41, 5.74) is -0.1000. The number of hydrogen-bond acceptors (Lipinski definition) is 2. The lowest BCUT2D eigenvalue weighted by Crippen LogP contribution is -2.36. The van der Waals surface area contributed by atoms with E-state index in [1.165, 1.54) is 6.42 Å². The van der Waals surface area contributed by atoms with E-state index in [1.54, 1.807) is 0 Å². The van der Waals surface area contributed by atoms with Gasteiger partial charge in [-0.25, -0.2) is 8.78 Å². The lowest BCUT2D eigenvalue weighted by atomic mass is 10.1. The Bertz CT molecular complexity index is 431. The van der Waals surface area contributed by atoms with Crippen LogP contribution in [0, 0.1) is 11.6 Å². The van der Waals surface area contributed by atoms with Gasteiger partial charge < -0.3 is 5.32 Å². The highest BCUT2D eigenvalue weighted by atomic mass is 19.1. The van der Waals surface area contributed by atoms with Crippen LogP contribution in [0.5, 0.6) is 0 Å². The third-order valence-corrected chi connectivity index (χ3v) is 3.02. The van der Waals surface area contributed by atoms with Crippen molar-refractivity contribution >= 4 is 11.6 Å². The molecule has 5 heteroatoms. The molecule has 1 amide bonds. The van der Waals surface area contributed by atoms with Crippen molar-refractivity contribution in [1.29, 1.82) is 0 Å². The number of nitrogens with zero attached hydrogens (tertiary/aromatic N) is 1. The molecular formula is C13H16F2N2O.